The fourth-order valence-corrected chi connectivity index (χ4v) is 1.19. The SMILES string of the molecule is O=C([O-])c1ccccc1C1CO1.[K+]. The summed E-state index contributed by atoms with van der Waals surface area (Å²) in [5, 5.41) is 10.6. The van der Waals surface area contributed by atoms with Crippen LogP contribution in [0.25, 0.3) is 0 Å². The summed E-state index contributed by atoms with van der Waals surface area (Å²) in [6, 6.07) is 6.76. The van der Waals surface area contributed by atoms with E-state index in [2.05, 4.69) is 0 Å². The van der Waals surface area contributed by atoms with Gasteiger partial charge in [-0.25, -0.2) is 0 Å². The van der Waals surface area contributed by atoms with Crippen LogP contribution in [-0.2, 0) is 4.74 Å². The first-order valence-corrected chi connectivity index (χ1v) is 3.71. The number of hydrogen-bond acceptors (Lipinski definition) is 3. The molecule has 0 saturated carbocycles. The van der Waals surface area contributed by atoms with Crippen molar-refractivity contribution in [2.75, 3.05) is 6.61 Å². The van der Waals surface area contributed by atoms with Crippen molar-refractivity contribution >= 4 is 5.97 Å². The van der Waals surface area contributed by atoms with E-state index in [4.69, 9.17) is 4.74 Å². The molecule has 62 valence electrons. The zero-order chi connectivity index (χ0) is 8.55. The van der Waals surface area contributed by atoms with Gasteiger partial charge in [-0.05, 0) is 5.56 Å². The Morgan fingerprint density at radius 3 is 2.62 bits per heavy atom. The molecule has 1 fully saturated rings. The normalized spacial score (nSPS) is 18.9. The molecular formula is C9H7KO3. The second kappa shape index (κ2) is 4.68. The Labute approximate surface area is 119 Å². The van der Waals surface area contributed by atoms with E-state index in [9.17, 15) is 9.90 Å². The predicted octanol–water partition coefficient (Wildman–Crippen LogP) is -2.87. The Morgan fingerprint density at radius 2 is 2.08 bits per heavy atom. The largest absolute Gasteiger partial charge is 1.00 e. The van der Waals surface area contributed by atoms with Crippen LogP contribution >= 0.6 is 0 Å². The molecule has 13 heavy (non-hydrogen) atoms. The van der Waals surface area contributed by atoms with Crippen molar-refractivity contribution in [1.29, 1.82) is 0 Å². The molecule has 1 saturated heterocycles. The molecule has 0 aromatic heterocycles. The van der Waals surface area contributed by atoms with Gasteiger partial charge in [-0.15, -0.1) is 0 Å². The number of hydrogen-bond donors (Lipinski definition) is 0. The zero-order valence-electron chi connectivity index (χ0n) is 7.32. The quantitative estimate of drug-likeness (QED) is 0.382. The number of carboxylic acid groups (broad SMARTS) is 1. The minimum atomic E-state index is -1.14. The maximum absolute atomic E-state index is 10.6. The molecule has 4 heteroatoms. The minimum Gasteiger partial charge on any atom is -0.545 e. The Hall–Kier alpha value is 0.286. The first kappa shape index (κ1) is 11.4. The summed E-state index contributed by atoms with van der Waals surface area (Å²) in [6.45, 7) is 0.615. The number of carbonyl (C=O) groups excluding carboxylic acids is 1. The van der Waals surface area contributed by atoms with Crippen LogP contribution in [-0.4, -0.2) is 12.6 Å². The monoisotopic (exact) mass is 202 g/mol. The number of ether oxygens (including phenoxy) is 1. The van der Waals surface area contributed by atoms with Crippen LogP contribution in [0.15, 0.2) is 24.3 Å². The number of carboxylic acids is 1. The molecule has 0 aliphatic carbocycles. The smallest absolute Gasteiger partial charge is 0.545 e. The van der Waals surface area contributed by atoms with E-state index in [0.29, 0.717) is 6.61 Å². The van der Waals surface area contributed by atoms with Gasteiger partial charge in [0.15, 0.2) is 0 Å². The molecule has 1 aliphatic heterocycles. The molecule has 0 N–H and O–H groups in total. The fraction of sp³-hybridized carbons (Fsp3) is 0.222. The van der Waals surface area contributed by atoms with Gasteiger partial charge in [0.05, 0.1) is 12.6 Å². The molecule has 2 rings (SSSR count). The number of aromatic carboxylic acids is 1. The standard InChI is InChI=1S/C9H8O3.K/c10-9(11)7-4-2-1-3-6(7)8-5-12-8;/h1-4,8H,5H2,(H,10,11);/q;+1/p-1. The summed E-state index contributed by atoms with van der Waals surface area (Å²) >= 11 is 0. The summed E-state index contributed by atoms with van der Waals surface area (Å²) in [6.07, 6.45) is -0.0286. The first-order chi connectivity index (χ1) is 5.79. The van der Waals surface area contributed by atoms with Crippen LogP contribution in [0, 0.1) is 0 Å². The molecular weight excluding hydrogens is 195 g/mol. The molecule has 1 aromatic rings. The van der Waals surface area contributed by atoms with Crippen LogP contribution in [0.5, 0.6) is 0 Å². The second-order valence-corrected chi connectivity index (χ2v) is 2.70. The van der Waals surface area contributed by atoms with E-state index in [-0.39, 0.29) is 63.1 Å². The van der Waals surface area contributed by atoms with E-state index in [0.717, 1.165) is 5.56 Å². The molecule has 0 bridgehead atoms. The van der Waals surface area contributed by atoms with Crippen LogP contribution in [0.1, 0.15) is 22.0 Å². The summed E-state index contributed by atoms with van der Waals surface area (Å²) in [4.78, 5) is 10.6. The summed E-state index contributed by atoms with van der Waals surface area (Å²) in [7, 11) is 0. The average molecular weight is 202 g/mol. The predicted molar refractivity (Wildman–Crippen MR) is 39.5 cm³/mol. The van der Waals surface area contributed by atoms with Crippen molar-refractivity contribution in [1.82, 2.24) is 0 Å². The molecule has 1 atom stereocenters. The third-order valence-corrected chi connectivity index (χ3v) is 1.86. The Balaban J connectivity index is 0.000000845. The van der Waals surface area contributed by atoms with Crippen LogP contribution in [0.4, 0.5) is 0 Å². The van der Waals surface area contributed by atoms with E-state index in [1.165, 1.54) is 6.07 Å². The third-order valence-electron chi connectivity index (χ3n) is 1.86. The van der Waals surface area contributed by atoms with E-state index < -0.39 is 5.97 Å². The first-order valence-electron chi connectivity index (χ1n) is 3.71. The van der Waals surface area contributed by atoms with Gasteiger partial charge in [0.2, 0.25) is 0 Å². The second-order valence-electron chi connectivity index (χ2n) is 2.70. The van der Waals surface area contributed by atoms with E-state index >= 15 is 0 Å². The number of epoxide rings is 1. The molecule has 1 aromatic carbocycles. The molecule has 0 spiro atoms. The summed E-state index contributed by atoms with van der Waals surface area (Å²) in [5.74, 6) is -1.14. The van der Waals surface area contributed by atoms with Crippen molar-refractivity contribution in [2.24, 2.45) is 0 Å². The molecule has 0 amide bonds. The zero-order valence-corrected chi connectivity index (χ0v) is 10.4. The Bertz CT molecular complexity index is 320. The van der Waals surface area contributed by atoms with Crippen molar-refractivity contribution in [3.05, 3.63) is 35.4 Å². The third kappa shape index (κ3) is 2.62. The van der Waals surface area contributed by atoms with Crippen LogP contribution in [0.3, 0.4) is 0 Å². The van der Waals surface area contributed by atoms with Gasteiger partial charge in [-0.3, -0.25) is 0 Å². The van der Waals surface area contributed by atoms with Crippen molar-refractivity contribution < 1.29 is 66.0 Å². The van der Waals surface area contributed by atoms with Crippen LogP contribution in [0.2, 0.25) is 0 Å². The Kier molecular flexibility index (Phi) is 4.09. The van der Waals surface area contributed by atoms with Crippen molar-refractivity contribution in [2.45, 2.75) is 6.10 Å². The number of carbonyl (C=O) groups is 1. The number of benzene rings is 1. The molecule has 1 heterocycles. The fourth-order valence-electron chi connectivity index (χ4n) is 1.19. The molecule has 1 unspecified atom stereocenters. The minimum absolute atomic E-state index is 0. The van der Waals surface area contributed by atoms with Gasteiger partial charge in [-0.2, -0.15) is 0 Å². The van der Waals surface area contributed by atoms with E-state index in [1.807, 2.05) is 0 Å². The summed E-state index contributed by atoms with van der Waals surface area (Å²) in [5.41, 5.74) is 0.956. The van der Waals surface area contributed by atoms with Crippen LogP contribution < -0.4 is 56.5 Å². The summed E-state index contributed by atoms with van der Waals surface area (Å²) < 4.78 is 4.99. The molecule has 0 radical (unpaired) electrons. The van der Waals surface area contributed by atoms with Gasteiger partial charge in [0.25, 0.3) is 0 Å². The Morgan fingerprint density at radius 1 is 1.46 bits per heavy atom. The number of rotatable bonds is 2. The van der Waals surface area contributed by atoms with Gasteiger partial charge in [-0.1, -0.05) is 24.3 Å². The van der Waals surface area contributed by atoms with Gasteiger partial charge < -0.3 is 14.6 Å². The molecule has 3 nitrogen and oxygen atoms in total. The van der Waals surface area contributed by atoms with Gasteiger partial charge >= 0.3 is 51.4 Å². The van der Waals surface area contributed by atoms with E-state index in [1.54, 1.807) is 18.2 Å². The van der Waals surface area contributed by atoms with Crippen molar-refractivity contribution in [3.8, 4) is 0 Å². The van der Waals surface area contributed by atoms with Gasteiger partial charge in [0, 0.05) is 5.56 Å². The van der Waals surface area contributed by atoms with Gasteiger partial charge in [0.1, 0.15) is 6.10 Å². The molecule has 1 aliphatic rings. The average Bonchev–Trinajstić information content (AvgIpc) is 2.87. The maximum Gasteiger partial charge on any atom is 1.00 e. The van der Waals surface area contributed by atoms with Crippen molar-refractivity contribution in [3.63, 3.8) is 0 Å². The maximum atomic E-state index is 10.6. The topological polar surface area (TPSA) is 52.7 Å².